The SMILES string of the molecule is C#CC[C@@H](OC(=O)c1nc(C2CC2)n(-c2ccccc2)n1)C1CC1. The van der Waals surface area contributed by atoms with Crippen LogP contribution >= 0.6 is 0 Å². The minimum absolute atomic E-state index is 0.128. The Hall–Kier alpha value is -2.61. The average Bonchev–Trinajstić information content (AvgIpc) is 3.52. The highest BCUT2D eigenvalue weighted by Gasteiger charge is 2.36. The highest BCUT2D eigenvalue weighted by Crippen LogP contribution is 2.40. The molecule has 2 aromatic rings. The van der Waals surface area contributed by atoms with E-state index < -0.39 is 5.97 Å². The van der Waals surface area contributed by atoms with Crippen molar-refractivity contribution in [2.24, 2.45) is 5.92 Å². The van der Waals surface area contributed by atoms with Crippen LogP contribution in [0.5, 0.6) is 0 Å². The number of aromatic nitrogens is 3. The smallest absolute Gasteiger partial charge is 0.378 e. The second-order valence-corrected chi connectivity index (χ2v) is 6.50. The molecule has 1 atom stereocenters. The maximum Gasteiger partial charge on any atom is 0.378 e. The van der Waals surface area contributed by atoms with Crippen LogP contribution in [0.1, 0.15) is 54.5 Å². The van der Waals surface area contributed by atoms with Crippen LogP contribution in [0, 0.1) is 18.3 Å². The van der Waals surface area contributed by atoms with E-state index in [1.165, 1.54) is 0 Å². The van der Waals surface area contributed by atoms with Crippen LogP contribution in [0.4, 0.5) is 0 Å². The molecule has 4 rings (SSSR count). The third kappa shape index (κ3) is 3.05. The molecule has 1 aromatic carbocycles. The number of carbonyl (C=O) groups excluding carboxylic acids is 1. The quantitative estimate of drug-likeness (QED) is 0.606. The highest BCUT2D eigenvalue weighted by molar-refractivity contribution is 5.85. The number of rotatable bonds is 6. The Morgan fingerprint density at radius 2 is 2.04 bits per heavy atom. The topological polar surface area (TPSA) is 57.0 Å². The Bertz CT molecular complexity index is 783. The van der Waals surface area contributed by atoms with Crippen LogP contribution in [0.2, 0.25) is 0 Å². The maximum absolute atomic E-state index is 12.5. The van der Waals surface area contributed by atoms with Crippen molar-refractivity contribution in [3.05, 3.63) is 42.0 Å². The zero-order valence-electron chi connectivity index (χ0n) is 13.4. The second kappa shape index (κ2) is 6.12. The number of terminal acetylenes is 1. The second-order valence-electron chi connectivity index (χ2n) is 6.50. The van der Waals surface area contributed by atoms with Crippen molar-refractivity contribution in [1.82, 2.24) is 14.8 Å². The number of carbonyl (C=O) groups is 1. The first kappa shape index (κ1) is 14.9. The van der Waals surface area contributed by atoms with Crippen LogP contribution in [0.15, 0.2) is 30.3 Å². The van der Waals surface area contributed by atoms with Crippen molar-refractivity contribution in [3.8, 4) is 18.0 Å². The number of esters is 1. The van der Waals surface area contributed by atoms with Gasteiger partial charge in [0.2, 0.25) is 0 Å². The first-order valence-corrected chi connectivity index (χ1v) is 8.43. The Balaban J connectivity index is 1.59. The van der Waals surface area contributed by atoms with Crippen LogP contribution < -0.4 is 0 Å². The van der Waals surface area contributed by atoms with E-state index in [1.807, 2.05) is 30.3 Å². The van der Waals surface area contributed by atoms with Gasteiger partial charge >= 0.3 is 5.97 Å². The molecule has 1 heterocycles. The molecule has 0 saturated heterocycles. The molecular weight excluding hydrogens is 302 g/mol. The van der Waals surface area contributed by atoms with Gasteiger partial charge in [0.05, 0.1) is 5.69 Å². The van der Waals surface area contributed by atoms with Crippen LogP contribution in [-0.4, -0.2) is 26.8 Å². The molecule has 24 heavy (non-hydrogen) atoms. The van der Waals surface area contributed by atoms with Crippen LogP contribution in [0.3, 0.4) is 0 Å². The molecule has 0 amide bonds. The molecule has 2 aliphatic rings. The van der Waals surface area contributed by atoms with Gasteiger partial charge in [-0.3, -0.25) is 0 Å². The van der Waals surface area contributed by atoms with Gasteiger partial charge in [0, 0.05) is 12.3 Å². The summed E-state index contributed by atoms with van der Waals surface area (Å²) >= 11 is 0. The van der Waals surface area contributed by atoms with Crippen molar-refractivity contribution in [3.63, 3.8) is 0 Å². The molecule has 122 valence electrons. The molecule has 5 heteroatoms. The summed E-state index contributed by atoms with van der Waals surface area (Å²) in [6, 6.07) is 9.76. The van der Waals surface area contributed by atoms with Crippen LogP contribution in [0.25, 0.3) is 5.69 Å². The predicted molar refractivity (Wildman–Crippen MR) is 88.7 cm³/mol. The van der Waals surface area contributed by atoms with Crippen molar-refractivity contribution in [1.29, 1.82) is 0 Å². The van der Waals surface area contributed by atoms with E-state index in [1.54, 1.807) is 4.68 Å². The minimum atomic E-state index is -0.473. The van der Waals surface area contributed by atoms with E-state index >= 15 is 0 Å². The summed E-state index contributed by atoms with van der Waals surface area (Å²) in [5.41, 5.74) is 0.910. The molecule has 0 spiro atoms. The zero-order valence-corrected chi connectivity index (χ0v) is 13.4. The summed E-state index contributed by atoms with van der Waals surface area (Å²) in [4.78, 5) is 16.9. The van der Waals surface area contributed by atoms with Crippen molar-refractivity contribution in [2.45, 2.75) is 44.1 Å². The number of hydrogen-bond acceptors (Lipinski definition) is 4. The molecule has 2 saturated carbocycles. The number of hydrogen-bond donors (Lipinski definition) is 0. The lowest BCUT2D eigenvalue weighted by atomic mass is 10.2. The minimum Gasteiger partial charge on any atom is -0.455 e. The third-order valence-corrected chi connectivity index (χ3v) is 4.48. The van der Waals surface area contributed by atoms with E-state index in [2.05, 4.69) is 16.0 Å². The molecule has 0 N–H and O–H groups in total. The first-order chi connectivity index (χ1) is 11.8. The summed E-state index contributed by atoms with van der Waals surface area (Å²) in [7, 11) is 0. The predicted octanol–water partition coefficient (Wildman–Crippen LogP) is 3.10. The van der Waals surface area contributed by atoms with Gasteiger partial charge in [-0.25, -0.2) is 14.5 Å². The molecule has 1 aromatic heterocycles. The Kier molecular flexibility index (Phi) is 3.81. The van der Waals surface area contributed by atoms with E-state index in [-0.39, 0.29) is 11.9 Å². The normalized spacial score (nSPS) is 18.0. The summed E-state index contributed by atoms with van der Waals surface area (Å²) in [5.74, 6) is 3.86. The fourth-order valence-electron chi connectivity index (χ4n) is 2.85. The van der Waals surface area contributed by atoms with Gasteiger partial charge in [-0.2, -0.15) is 0 Å². The monoisotopic (exact) mass is 321 g/mol. The van der Waals surface area contributed by atoms with Crippen molar-refractivity contribution in [2.75, 3.05) is 0 Å². The summed E-state index contributed by atoms with van der Waals surface area (Å²) in [6.07, 6.45) is 9.93. The lowest BCUT2D eigenvalue weighted by molar-refractivity contribution is 0.0247. The van der Waals surface area contributed by atoms with Gasteiger partial charge in [-0.1, -0.05) is 18.2 Å². The van der Waals surface area contributed by atoms with E-state index in [0.717, 1.165) is 37.2 Å². The number of ether oxygens (including phenoxy) is 1. The number of benzene rings is 1. The standard InChI is InChI=1S/C19H19N3O2/c1-2-6-16(13-9-10-13)24-19(23)17-20-18(14-11-12-14)22(21-17)15-7-4-3-5-8-15/h1,3-5,7-8,13-14,16H,6,9-12H2/t16-/m1/s1. The van der Waals surface area contributed by atoms with E-state index in [9.17, 15) is 4.79 Å². The van der Waals surface area contributed by atoms with E-state index in [0.29, 0.717) is 18.3 Å². The lowest BCUT2D eigenvalue weighted by Crippen LogP contribution is -2.21. The molecule has 5 nitrogen and oxygen atoms in total. The third-order valence-electron chi connectivity index (χ3n) is 4.48. The highest BCUT2D eigenvalue weighted by atomic mass is 16.5. The number of para-hydroxylation sites is 1. The maximum atomic E-state index is 12.5. The Morgan fingerprint density at radius 1 is 1.29 bits per heavy atom. The average molecular weight is 321 g/mol. The summed E-state index contributed by atoms with van der Waals surface area (Å²) < 4.78 is 7.35. The lowest BCUT2D eigenvalue weighted by Gasteiger charge is -2.13. The molecule has 0 radical (unpaired) electrons. The summed E-state index contributed by atoms with van der Waals surface area (Å²) in [6.45, 7) is 0. The molecule has 2 fully saturated rings. The van der Waals surface area contributed by atoms with Crippen LogP contribution in [-0.2, 0) is 4.74 Å². The first-order valence-electron chi connectivity index (χ1n) is 8.43. The van der Waals surface area contributed by atoms with Gasteiger partial charge in [0.1, 0.15) is 11.9 Å². The molecule has 0 unspecified atom stereocenters. The fraction of sp³-hybridized carbons (Fsp3) is 0.421. The van der Waals surface area contributed by atoms with Crippen molar-refractivity contribution < 1.29 is 9.53 Å². The Labute approximate surface area is 141 Å². The fourth-order valence-corrected chi connectivity index (χ4v) is 2.85. The van der Waals surface area contributed by atoms with Gasteiger partial charge < -0.3 is 4.74 Å². The van der Waals surface area contributed by atoms with E-state index in [4.69, 9.17) is 11.2 Å². The largest absolute Gasteiger partial charge is 0.455 e. The zero-order chi connectivity index (χ0) is 16.5. The molecular formula is C19H19N3O2. The van der Waals surface area contributed by atoms with Gasteiger partial charge in [0.15, 0.2) is 0 Å². The summed E-state index contributed by atoms with van der Waals surface area (Å²) in [5, 5.41) is 4.41. The number of nitrogens with zero attached hydrogens (tertiary/aromatic N) is 3. The van der Waals surface area contributed by atoms with Gasteiger partial charge in [-0.05, 0) is 43.7 Å². The molecule has 0 aliphatic heterocycles. The Morgan fingerprint density at radius 3 is 2.67 bits per heavy atom. The molecule has 2 aliphatic carbocycles. The molecule has 0 bridgehead atoms. The van der Waals surface area contributed by atoms with Crippen molar-refractivity contribution >= 4 is 5.97 Å². The van der Waals surface area contributed by atoms with Gasteiger partial charge in [-0.15, -0.1) is 17.4 Å². The van der Waals surface area contributed by atoms with Gasteiger partial charge in [0.25, 0.3) is 5.82 Å².